The Morgan fingerprint density at radius 3 is 1.40 bits per heavy atom. The number of carbonyl (C=O) groups is 3. The summed E-state index contributed by atoms with van der Waals surface area (Å²) >= 11 is 0. The number of benzene rings is 2. The first-order chi connectivity index (χ1) is 27.6. The average Bonchev–Trinajstić information content (AvgIpc) is 3.29. The van der Waals surface area contributed by atoms with Crippen LogP contribution in [0, 0.1) is 20.8 Å². The standard InChI is InChI=1S/C45H50N6O6/c1-32-21-33(2)46-39(22-32)27-49-15-17-50(28-40-24-37(23-34(3)47-40)43(52)56-30-35-11-7-5-8-12-35)18-20-51(19-16-49)29-41-25-38(26-42(48-41)45(54)55-4)44(53)57-31-36-13-9-6-10-14-36/h5-14,21-26H,15-20,27-31H2,1-4H3. The van der Waals surface area contributed by atoms with E-state index < -0.39 is 17.9 Å². The first-order valence-corrected chi connectivity index (χ1v) is 19.2. The molecule has 12 nitrogen and oxygen atoms in total. The summed E-state index contributed by atoms with van der Waals surface area (Å²) < 4.78 is 16.3. The van der Waals surface area contributed by atoms with Gasteiger partial charge in [-0.25, -0.2) is 19.4 Å². The number of esters is 3. The highest BCUT2D eigenvalue weighted by Crippen LogP contribution is 2.17. The molecule has 0 spiro atoms. The molecule has 1 aliphatic rings. The summed E-state index contributed by atoms with van der Waals surface area (Å²) in [5.41, 5.74) is 7.75. The molecule has 0 amide bonds. The van der Waals surface area contributed by atoms with Crippen LogP contribution in [-0.2, 0) is 47.1 Å². The van der Waals surface area contributed by atoms with Crippen molar-refractivity contribution in [3.63, 3.8) is 0 Å². The Morgan fingerprint density at radius 2 is 0.947 bits per heavy atom. The fourth-order valence-electron chi connectivity index (χ4n) is 6.90. The number of aromatic nitrogens is 3. The Morgan fingerprint density at radius 1 is 0.526 bits per heavy atom. The fourth-order valence-corrected chi connectivity index (χ4v) is 6.90. The third-order valence-corrected chi connectivity index (χ3v) is 9.68. The van der Waals surface area contributed by atoms with Crippen molar-refractivity contribution in [2.24, 2.45) is 0 Å². The zero-order valence-corrected chi connectivity index (χ0v) is 33.1. The predicted molar refractivity (Wildman–Crippen MR) is 215 cm³/mol. The van der Waals surface area contributed by atoms with Gasteiger partial charge in [0, 0.05) is 70.3 Å². The van der Waals surface area contributed by atoms with Crippen molar-refractivity contribution in [3.8, 4) is 0 Å². The van der Waals surface area contributed by atoms with Gasteiger partial charge in [-0.05, 0) is 73.9 Å². The summed E-state index contributed by atoms with van der Waals surface area (Å²) in [5, 5.41) is 0. The van der Waals surface area contributed by atoms with Crippen LogP contribution >= 0.6 is 0 Å². The number of pyridine rings is 3. The van der Waals surface area contributed by atoms with Crippen molar-refractivity contribution in [1.29, 1.82) is 0 Å². The molecular weight excluding hydrogens is 721 g/mol. The van der Waals surface area contributed by atoms with Crippen LogP contribution in [0.3, 0.4) is 0 Å². The molecule has 1 saturated heterocycles. The normalized spacial score (nSPS) is 14.2. The van der Waals surface area contributed by atoms with Crippen LogP contribution in [0.25, 0.3) is 0 Å². The summed E-state index contributed by atoms with van der Waals surface area (Å²) in [5.74, 6) is -1.58. The molecular formula is C45H50N6O6. The summed E-state index contributed by atoms with van der Waals surface area (Å²) in [6, 6.07) is 29.9. The molecule has 5 aromatic rings. The second-order valence-electron chi connectivity index (χ2n) is 14.4. The number of hydrogen-bond acceptors (Lipinski definition) is 12. The molecule has 1 aliphatic heterocycles. The molecule has 4 heterocycles. The molecule has 0 N–H and O–H groups in total. The van der Waals surface area contributed by atoms with Crippen LogP contribution < -0.4 is 0 Å². The minimum atomic E-state index is -0.634. The summed E-state index contributed by atoms with van der Waals surface area (Å²) in [6.07, 6.45) is 0. The zero-order valence-electron chi connectivity index (χ0n) is 33.1. The molecule has 6 rings (SSSR count). The van der Waals surface area contributed by atoms with Gasteiger partial charge in [0.25, 0.3) is 0 Å². The Labute approximate surface area is 334 Å². The fraction of sp³-hybridized carbons (Fsp3) is 0.333. The van der Waals surface area contributed by atoms with Gasteiger partial charge in [0.05, 0.1) is 35.3 Å². The molecule has 0 saturated carbocycles. The second-order valence-corrected chi connectivity index (χ2v) is 14.4. The molecule has 0 radical (unpaired) electrons. The lowest BCUT2D eigenvalue weighted by atomic mass is 10.1. The van der Waals surface area contributed by atoms with E-state index in [1.165, 1.54) is 18.7 Å². The third-order valence-electron chi connectivity index (χ3n) is 9.68. The molecule has 0 unspecified atom stereocenters. The number of hydrogen-bond donors (Lipinski definition) is 0. The van der Waals surface area contributed by atoms with E-state index in [0.29, 0.717) is 50.5 Å². The molecule has 57 heavy (non-hydrogen) atoms. The van der Waals surface area contributed by atoms with Gasteiger partial charge in [-0.3, -0.25) is 24.7 Å². The van der Waals surface area contributed by atoms with Crippen LogP contribution in [0.4, 0.5) is 0 Å². The van der Waals surface area contributed by atoms with Crippen LogP contribution in [0.15, 0.2) is 97.1 Å². The van der Waals surface area contributed by atoms with Crippen molar-refractivity contribution < 1.29 is 28.6 Å². The van der Waals surface area contributed by atoms with Gasteiger partial charge in [0.1, 0.15) is 18.9 Å². The van der Waals surface area contributed by atoms with Gasteiger partial charge in [0.15, 0.2) is 0 Å². The van der Waals surface area contributed by atoms with Gasteiger partial charge in [-0.2, -0.15) is 0 Å². The molecule has 12 heteroatoms. The Bertz CT molecular complexity index is 2130. The van der Waals surface area contributed by atoms with E-state index in [-0.39, 0.29) is 24.5 Å². The van der Waals surface area contributed by atoms with Gasteiger partial charge >= 0.3 is 17.9 Å². The van der Waals surface area contributed by atoms with Crippen molar-refractivity contribution in [3.05, 3.63) is 159 Å². The number of ether oxygens (including phenoxy) is 3. The SMILES string of the molecule is COC(=O)c1cc(C(=O)OCc2ccccc2)cc(CN2CCN(Cc3cc(C)cc(C)n3)CCN(Cc3cc(C(=O)OCc4ccccc4)cc(C)n3)CC2)n1. The number of aryl methyl sites for hydroxylation is 3. The van der Waals surface area contributed by atoms with Crippen molar-refractivity contribution >= 4 is 17.9 Å². The molecule has 296 valence electrons. The minimum Gasteiger partial charge on any atom is -0.464 e. The molecule has 0 atom stereocenters. The van der Waals surface area contributed by atoms with E-state index in [0.717, 1.165) is 53.5 Å². The van der Waals surface area contributed by atoms with E-state index in [9.17, 15) is 14.4 Å². The van der Waals surface area contributed by atoms with Crippen LogP contribution in [0.5, 0.6) is 0 Å². The van der Waals surface area contributed by atoms with Gasteiger partial charge in [-0.15, -0.1) is 0 Å². The van der Waals surface area contributed by atoms with E-state index in [2.05, 4.69) is 38.7 Å². The monoisotopic (exact) mass is 770 g/mol. The lowest BCUT2D eigenvalue weighted by molar-refractivity contribution is 0.0463. The summed E-state index contributed by atoms with van der Waals surface area (Å²) in [7, 11) is 1.29. The topological polar surface area (TPSA) is 127 Å². The maximum absolute atomic E-state index is 13.3. The van der Waals surface area contributed by atoms with E-state index in [4.69, 9.17) is 24.2 Å². The minimum absolute atomic E-state index is 0.0405. The molecule has 0 bridgehead atoms. The molecule has 3 aromatic heterocycles. The Kier molecular flexibility index (Phi) is 14.2. The maximum atomic E-state index is 13.3. The lowest BCUT2D eigenvalue weighted by Crippen LogP contribution is -2.36. The smallest absolute Gasteiger partial charge is 0.356 e. The first-order valence-electron chi connectivity index (χ1n) is 19.2. The number of carbonyl (C=O) groups excluding carboxylic acids is 3. The molecule has 2 aromatic carbocycles. The second kappa shape index (κ2) is 19.9. The molecule has 1 fully saturated rings. The van der Waals surface area contributed by atoms with E-state index in [1.54, 1.807) is 12.1 Å². The van der Waals surface area contributed by atoms with Crippen LogP contribution in [0.1, 0.15) is 76.4 Å². The maximum Gasteiger partial charge on any atom is 0.356 e. The highest BCUT2D eigenvalue weighted by Gasteiger charge is 2.22. The highest BCUT2D eigenvalue weighted by atomic mass is 16.5. The Hall–Kier alpha value is -5.82. The van der Waals surface area contributed by atoms with Gasteiger partial charge < -0.3 is 14.2 Å². The zero-order chi connectivity index (χ0) is 40.1. The average molecular weight is 771 g/mol. The summed E-state index contributed by atoms with van der Waals surface area (Å²) in [6.45, 7) is 12.2. The van der Waals surface area contributed by atoms with Crippen molar-refractivity contribution in [2.45, 2.75) is 53.6 Å². The largest absolute Gasteiger partial charge is 0.464 e. The first kappa shape index (κ1) is 40.8. The quantitative estimate of drug-likeness (QED) is 0.101. The number of nitrogens with zero attached hydrogens (tertiary/aromatic N) is 6. The molecule has 0 aliphatic carbocycles. The van der Waals surface area contributed by atoms with Crippen LogP contribution in [-0.4, -0.2) is 93.9 Å². The van der Waals surface area contributed by atoms with Crippen LogP contribution in [0.2, 0.25) is 0 Å². The van der Waals surface area contributed by atoms with Crippen molar-refractivity contribution in [1.82, 2.24) is 29.7 Å². The van der Waals surface area contributed by atoms with E-state index in [1.807, 2.05) is 80.6 Å². The summed E-state index contributed by atoms with van der Waals surface area (Å²) in [4.78, 5) is 60.4. The number of methoxy groups -OCH3 is 1. The predicted octanol–water partition coefficient (Wildman–Crippen LogP) is 6.12. The lowest BCUT2D eigenvalue weighted by Gasteiger charge is -2.25. The highest BCUT2D eigenvalue weighted by molar-refractivity contribution is 5.94. The third kappa shape index (κ3) is 12.3. The van der Waals surface area contributed by atoms with Crippen molar-refractivity contribution in [2.75, 3.05) is 46.4 Å². The van der Waals surface area contributed by atoms with E-state index >= 15 is 0 Å². The number of rotatable bonds is 13. The Balaban J connectivity index is 1.21. The van der Waals surface area contributed by atoms with Gasteiger partial charge in [0.2, 0.25) is 0 Å². The van der Waals surface area contributed by atoms with Gasteiger partial charge in [-0.1, -0.05) is 60.7 Å².